The second-order valence-corrected chi connectivity index (χ2v) is 9.21. The third-order valence-electron chi connectivity index (χ3n) is 3.57. The summed E-state index contributed by atoms with van der Waals surface area (Å²) in [7, 11) is -4.38. The molecule has 0 radical (unpaired) electrons. The average Bonchev–Trinajstić information content (AvgIpc) is 2.41. The van der Waals surface area contributed by atoms with E-state index in [1.807, 2.05) is 0 Å². The zero-order valence-corrected chi connectivity index (χ0v) is 14.2. The second-order valence-electron chi connectivity index (χ2n) is 5.32. The monoisotopic (exact) mass is 350 g/mol. The number of nitrogens with zero attached hydrogens (tertiary/aromatic N) is 1. The lowest BCUT2D eigenvalue weighted by molar-refractivity contribution is 0.285. The van der Waals surface area contributed by atoms with Crippen LogP contribution < -0.4 is 5.73 Å². The molecule has 5 nitrogen and oxygen atoms in total. The number of anilines is 1. The minimum Gasteiger partial charge on any atom is -0.398 e. The first-order chi connectivity index (χ1) is 9.77. The first kappa shape index (κ1) is 16.7. The summed E-state index contributed by atoms with van der Waals surface area (Å²) in [6.07, 6.45) is 2.91. The maximum absolute atomic E-state index is 12.4. The zero-order valence-electron chi connectivity index (χ0n) is 11.8. The molecule has 1 aliphatic heterocycles. The average molecular weight is 351 g/mol. The predicted octanol–water partition coefficient (Wildman–Crippen LogP) is 1.70. The van der Waals surface area contributed by atoms with Crippen molar-refractivity contribution >= 4 is 38.1 Å². The van der Waals surface area contributed by atoms with Gasteiger partial charge in [0.2, 0.25) is 10.0 Å². The molecule has 0 saturated carbocycles. The molecule has 0 amide bonds. The molecule has 0 bridgehead atoms. The molecule has 1 saturated heterocycles. The number of halogens is 1. The summed E-state index contributed by atoms with van der Waals surface area (Å²) in [4.78, 5) is 0.630. The molecule has 2 N–H and O–H groups in total. The number of hydrogen-bond donors (Lipinski definition) is 1. The first-order valence-electron chi connectivity index (χ1n) is 6.66. The number of nitrogen functional groups attached to an aromatic ring is 1. The van der Waals surface area contributed by atoms with Gasteiger partial charge >= 0.3 is 0 Å². The Morgan fingerprint density at radius 3 is 2.81 bits per heavy atom. The lowest BCUT2D eigenvalue weighted by Gasteiger charge is -2.30. The predicted molar refractivity (Wildman–Crippen MR) is 86.3 cm³/mol. The van der Waals surface area contributed by atoms with Gasteiger partial charge in [0, 0.05) is 23.7 Å². The lowest BCUT2D eigenvalue weighted by Crippen LogP contribution is -2.40. The number of piperidine rings is 1. The third kappa shape index (κ3) is 4.42. The van der Waals surface area contributed by atoms with Crippen LogP contribution in [0.3, 0.4) is 0 Å². The fourth-order valence-corrected chi connectivity index (χ4v) is 4.97. The van der Waals surface area contributed by atoms with Crippen LogP contribution in [0.15, 0.2) is 23.1 Å². The molecular weight excluding hydrogens is 332 g/mol. The van der Waals surface area contributed by atoms with E-state index in [0.717, 1.165) is 12.8 Å². The van der Waals surface area contributed by atoms with Gasteiger partial charge in [-0.05, 0) is 37.0 Å². The maximum Gasteiger partial charge on any atom is 0.211 e. The van der Waals surface area contributed by atoms with Crippen LogP contribution in [-0.4, -0.2) is 42.0 Å². The van der Waals surface area contributed by atoms with Gasteiger partial charge in [-0.2, -0.15) is 0 Å². The molecule has 2 atom stereocenters. The molecule has 1 aromatic carbocycles. The molecule has 8 heteroatoms. The highest BCUT2D eigenvalue weighted by Gasteiger charge is 2.27. The molecule has 0 aliphatic carbocycles. The molecular formula is C13H19ClN2O3S2. The fourth-order valence-electron chi connectivity index (χ4n) is 2.42. The molecule has 2 rings (SSSR count). The van der Waals surface area contributed by atoms with Crippen LogP contribution in [0, 0.1) is 5.92 Å². The molecule has 118 valence electrons. The molecule has 1 heterocycles. The van der Waals surface area contributed by atoms with E-state index < -0.39 is 20.8 Å². The van der Waals surface area contributed by atoms with Crippen LogP contribution in [0.25, 0.3) is 0 Å². The van der Waals surface area contributed by atoms with Gasteiger partial charge in [-0.3, -0.25) is 4.21 Å². The molecule has 0 spiro atoms. The van der Waals surface area contributed by atoms with Crippen molar-refractivity contribution in [2.75, 3.05) is 30.8 Å². The standard InChI is InChI=1S/C13H19ClN2O3S2/c1-21(18,19)16-6-2-3-10(8-16)9-20(17)11-4-5-13(15)12(14)7-11/h4-5,7,10H,2-3,6,8-9,15H2,1H3. The van der Waals surface area contributed by atoms with E-state index >= 15 is 0 Å². The van der Waals surface area contributed by atoms with Crippen LogP contribution >= 0.6 is 11.6 Å². The van der Waals surface area contributed by atoms with Crippen LogP contribution in [-0.2, 0) is 20.8 Å². The largest absolute Gasteiger partial charge is 0.398 e. The van der Waals surface area contributed by atoms with Gasteiger partial charge < -0.3 is 5.73 Å². The van der Waals surface area contributed by atoms with E-state index in [0.29, 0.717) is 34.4 Å². The van der Waals surface area contributed by atoms with Crippen LogP contribution in [0.1, 0.15) is 12.8 Å². The van der Waals surface area contributed by atoms with Crippen LogP contribution in [0.4, 0.5) is 5.69 Å². The van der Waals surface area contributed by atoms with Gasteiger partial charge in [0.05, 0.1) is 27.8 Å². The Hall–Kier alpha value is -0.630. The molecule has 21 heavy (non-hydrogen) atoms. The van der Waals surface area contributed by atoms with Crippen molar-refractivity contribution in [3.8, 4) is 0 Å². The maximum atomic E-state index is 12.4. The van der Waals surface area contributed by atoms with Crippen molar-refractivity contribution in [2.24, 2.45) is 5.92 Å². The Kier molecular flexibility index (Phi) is 5.29. The van der Waals surface area contributed by atoms with E-state index in [1.54, 1.807) is 18.2 Å². The Morgan fingerprint density at radius 2 is 2.19 bits per heavy atom. The number of sulfonamides is 1. The summed E-state index contributed by atoms with van der Waals surface area (Å²) in [6, 6.07) is 4.96. The summed E-state index contributed by atoms with van der Waals surface area (Å²) in [5.74, 6) is 0.539. The molecule has 1 aromatic rings. The van der Waals surface area contributed by atoms with E-state index in [1.165, 1.54) is 10.6 Å². The van der Waals surface area contributed by atoms with Crippen molar-refractivity contribution < 1.29 is 12.6 Å². The molecule has 0 aromatic heterocycles. The Morgan fingerprint density at radius 1 is 1.48 bits per heavy atom. The van der Waals surface area contributed by atoms with Crippen molar-refractivity contribution in [1.82, 2.24) is 4.31 Å². The van der Waals surface area contributed by atoms with Crippen molar-refractivity contribution in [3.63, 3.8) is 0 Å². The quantitative estimate of drug-likeness (QED) is 0.838. The van der Waals surface area contributed by atoms with Gasteiger partial charge in [-0.25, -0.2) is 12.7 Å². The number of hydrogen-bond acceptors (Lipinski definition) is 4. The van der Waals surface area contributed by atoms with Gasteiger partial charge in [0.25, 0.3) is 0 Å². The summed E-state index contributed by atoms with van der Waals surface area (Å²) < 4.78 is 37.0. The third-order valence-corrected chi connectivity index (χ3v) is 6.72. The first-order valence-corrected chi connectivity index (χ1v) is 10.2. The van der Waals surface area contributed by atoms with Crippen LogP contribution in [0.5, 0.6) is 0 Å². The highest BCUT2D eigenvalue weighted by atomic mass is 35.5. The minimum absolute atomic E-state index is 0.102. The van der Waals surface area contributed by atoms with Crippen molar-refractivity contribution in [2.45, 2.75) is 17.7 Å². The summed E-state index contributed by atoms with van der Waals surface area (Å²) in [5.41, 5.74) is 6.09. The van der Waals surface area contributed by atoms with Crippen LogP contribution in [0.2, 0.25) is 5.02 Å². The van der Waals surface area contributed by atoms with E-state index in [-0.39, 0.29) is 5.92 Å². The normalized spacial score (nSPS) is 22.1. The Balaban J connectivity index is 2.03. The number of nitrogens with two attached hydrogens (primary N) is 1. The van der Waals surface area contributed by atoms with Gasteiger partial charge in [0.15, 0.2) is 0 Å². The lowest BCUT2D eigenvalue weighted by atomic mass is 10.0. The minimum atomic E-state index is -3.17. The molecule has 1 fully saturated rings. The summed E-state index contributed by atoms with van der Waals surface area (Å²) in [5, 5.41) is 0.391. The van der Waals surface area contributed by atoms with Crippen molar-refractivity contribution in [3.05, 3.63) is 23.2 Å². The second kappa shape index (κ2) is 6.64. The zero-order chi connectivity index (χ0) is 15.6. The molecule has 2 unspecified atom stereocenters. The van der Waals surface area contributed by atoms with Crippen molar-refractivity contribution in [1.29, 1.82) is 0 Å². The highest BCUT2D eigenvalue weighted by Crippen LogP contribution is 2.25. The number of rotatable bonds is 4. The SMILES string of the molecule is CS(=O)(=O)N1CCCC(CS(=O)c2ccc(N)c(Cl)c2)C1. The topological polar surface area (TPSA) is 80.5 Å². The fraction of sp³-hybridized carbons (Fsp3) is 0.538. The molecule has 1 aliphatic rings. The summed E-state index contributed by atoms with van der Waals surface area (Å²) >= 11 is 5.94. The van der Waals surface area contributed by atoms with Gasteiger partial charge in [0.1, 0.15) is 0 Å². The van der Waals surface area contributed by atoms with Gasteiger partial charge in [-0.1, -0.05) is 11.6 Å². The Bertz CT molecular complexity index is 649. The number of benzene rings is 1. The van der Waals surface area contributed by atoms with E-state index in [4.69, 9.17) is 17.3 Å². The van der Waals surface area contributed by atoms with Gasteiger partial charge in [-0.15, -0.1) is 0 Å². The Labute approximate surface area is 133 Å². The van der Waals surface area contributed by atoms with E-state index in [2.05, 4.69) is 0 Å². The highest BCUT2D eigenvalue weighted by molar-refractivity contribution is 7.88. The smallest absolute Gasteiger partial charge is 0.211 e. The summed E-state index contributed by atoms with van der Waals surface area (Å²) in [6.45, 7) is 0.989. The van der Waals surface area contributed by atoms with E-state index in [9.17, 15) is 12.6 Å².